The molecule has 0 bridgehead atoms. The summed E-state index contributed by atoms with van der Waals surface area (Å²) in [5, 5.41) is 12.6. The summed E-state index contributed by atoms with van der Waals surface area (Å²) in [7, 11) is 1.85. The number of anilines is 3. The van der Waals surface area contributed by atoms with Gasteiger partial charge in [-0.05, 0) is 23.8 Å². The smallest absolute Gasteiger partial charge is 0.132 e. The minimum absolute atomic E-state index is 0.318. The van der Waals surface area contributed by atoms with E-state index in [1.807, 2.05) is 19.3 Å². The van der Waals surface area contributed by atoms with E-state index in [1.54, 1.807) is 34.0 Å². The highest BCUT2D eigenvalue weighted by Gasteiger charge is 2.09. The molecule has 3 N–H and O–H groups in total. The van der Waals surface area contributed by atoms with E-state index in [1.165, 1.54) is 12.1 Å². The molecule has 0 atom stereocenters. The molecule has 0 aliphatic carbocycles. The van der Waals surface area contributed by atoms with E-state index in [0.29, 0.717) is 23.6 Å². The number of nitrogens with zero attached hydrogens (tertiary/aromatic N) is 5. The zero-order chi connectivity index (χ0) is 17.4. The molecule has 0 amide bonds. The molecule has 0 fully saturated rings. The zero-order valence-corrected chi connectivity index (χ0v) is 13.5. The maximum atomic E-state index is 13.5. The summed E-state index contributed by atoms with van der Waals surface area (Å²) in [6, 6.07) is 6.23. The van der Waals surface area contributed by atoms with Crippen molar-refractivity contribution in [1.82, 2.24) is 24.5 Å². The van der Waals surface area contributed by atoms with Gasteiger partial charge in [-0.1, -0.05) is 0 Å². The average molecular weight is 337 g/mol. The molecule has 3 heterocycles. The minimum Gasteiger partial charge on any atom is -0.398 e. The highest BCUT2D eigenvalue weighted by atomic mass is 19.1. The molecule has 3 aromatic heterocycles. The summed E-state index contributed by atoms with van der Waals surface area (Å²) >= 11 is 0. The minimum atomic E-state index is -0.318. The van der Waals surface area contributed by atoms with Crippen LogP contribution < -0.4 is 11.1 Å². The Morgan fingerprint density at radius 3 is 2.84 bits per heavy atom. The van der Waals surface area contributed by atoms with Crippen LogP contribution in [0.1, 0.15) is 5.56 Å². The van der Waals surface area contributed by atoms with Crippen LogP contribution in [-0.4, -0.2) is 24.5 Å². The Bertz CT molecular complexity index is 1050. The fraction of sp³-hybridized carbons (Fsp3) is 0.118. The van der Waals surface area contributed by atoms with Gasteiger partial charge in [-0.2, -0.15) is 10.2 Å². The van der Waals surface area contributed by atoms with E-state index < -0.39 is 0 Å². The van der Waals surface area contributed by atoms with Crippen molar-refractivity contribution in [1.29, 1.82) is 0 Å². The zero-order valence-electron chi connectivity index (χ0n) is 13.5. The lowest BCUT2D eigenvalue weighted by molar-refractivity contribution is 0.621. The van der Waals surface area contributed by atoms with Crippen LogP contribution in [0.2, 0.25) is 0 Å². The molecule has 0 aliphatic rings. The highest BCUT2D eigenvalue weighted by Crippen LogP contribution is 2.22. The van der Waals surface area contributed by atoms with Crippen molar-refractivity contribution in [2.24, 2.45) is 7.05 Å². The fourth-order valence-corrected chi connectivity index (χ4v) is 2.67. The van der Waals surface area contributed by atoms with E-state index >= 15 is 0 Å². The Morgan fingerprint density at radius 1 is 1.16 bits per heavy atom. The first-order chi connectivity index (χ1) is 12.1. The predicted octanol–water partition coefficient (Wildman–Crippen LogP) is 2.68. The van der Waals surface area contributed by atoms with Crippen LogP contribution in [0.3, 0.4) is 0 Å². The number of nitrogens with two attached hydrogens (primary N) is 1. The lowest BCUT2D eigenvalue weighted by atomic mass is 10.2. The van der Waals surface area contributed by atoms with E-state index in [4.69, 9.17) is 5.73 Å². The number of aryl methyl sites for hydroxylation is 1. The molecule has 1 aromatic carbocycles. The van der Waals surface area contributed by atoms with Crippen molar-refractivity contribution < 1.29 is 4.39 Å². The van der Waals surface area contributed by atoms with Crippen molar-refractivity contribution in [3.8, 4) is 0 Å². The first kappa shape index (κ1) is 15.1. The Balaban J connectivity index is 1.67. The van der Waals surface area contributed by atoms with Crippen LogP contribution in [0, 0.1) is 5.82 Å². The maximum absolute atomic E-state index is 13.5. The van der Waals surface area contributed by atoms with Crippen LogP contribution in [-0.2, 0) is 13.6 Å². The van der Waals surface area contributed by atoms with Gasteiger partial charge < -0.3 is 11.1 Å². The molecule has 0 saturated carbocycles. The molecule has 0 radical (unpaired) electrons. The maximum Gasteiger partial charge on any atom is 0.132 e. The quantitative estimate of drug-likeness (QED) is 0.559. The summed E-state index contributed by atoms with van der Waals surface area (Å²) < 4.78 is 17.0. The number of aromatic nitrogens is 5. The van der Waals surface area contributed by atoms with Gasteiger partial charge in [0.05, 0.1) is 30.1 Å². The van der Waals surface area contributed by atoms with Crippen LogP contribution >= 0.6 is 0 Å². The van der Waals surface area contributed by atoms with Crippen LogP contribution in [0.15, 0.2) is 49.1 Å². The fourth-order valence-electron chi connectivity index (χ4n) is 2.67. The molecule has 0 spiro atoms. The molecule has 4 aromatic rings. The van der Waals surface area contributed by atoms with Gasteiger partial charge in [-0.3, -0.25) is 9.36 Å². The second-order valence-corrected chi connectivity index (χ2v) is 5.80. The largest absolute Gasteiger partial charge is 0.398 e. The van der Waals surface area contributed by atoms with Crippen LogP contribution in [0.5, 0.6) is 0 Å². The summed E-state index contributed by atoms with van der Waals surface area (Å²) in [5.74, 6) is 0.357. The molecule has 4 rings (SSSR count). The Hall–Kier alpha value is -3.42. The number of hydrogen-bond acceptors (Lipinski definition) is 5. The molecular weight excluding hydrogens is 321 g/mol. The standard InChI is InChI=1S/C17H16FN7/c1-24-10-14(8-21-24)23-17-5-16-12(6-20-17)7-22-25(16)9-11-4-13(18)2-3-15(11)19/h2-8,10H,9,19H2,1H3,(H,20,23). The topological polar surface area (TPSA) is 86.6 Å². The number of nitrogen functional groups attached to an aromatic ring is 1. The van der Waals surface area contributed by atoms with Gasteiger partial charge in [0.1, 0.15) is 11.6 Å². The first-order valence-electron chi connectivity index (χ1n) is 7.69. The number of nitrogens with one attached hydrogen (secondary N) is 1. The third-order valence-corrected chi connectivity index (χ3v) is 3.93. The number of benzene rings is 1. The highest BCUT2D eigenvalue weighted by molar-refractivity contribution is 5.81. The van der Waals surface area contributed by atoms with Crippen molar-refractivity contribution in [3.05, 3.63) is 60.4 Å². The number of rotatable bonds is 4. The van der Waals surface area contributed by atoms with Gasteiger partial charge in [0.2, 0.25) is 0 Å². The monoisotopic (exact) mass is 337 g/mol. The number of pyridine rings is 1. The van der Waals surface area contributed by atoms with Gasteiger partial charge in [-0.15, -0.1) is 0 Å². The molecule has 0 aliphatic heterocycles. The van der Waals surface area contributed by atoms with Gasteiger partial charge in [0.25, 0.3) is 0 Å². The number of hydrogen-bond donors (Lipinski definition) is 2. The van der Waals surface area contributed by atoms with Gasteiger partial charge in [-0.25, -0.2) is 9.37 Å². The average Bonchev–Trinajstić information content (AvgIpc) is 3.17. The second-order valence-electron chi connectivity index (χ2n) is 5.80. The molecule has 7 nitrogen and oxygen atoms in total. The summed E-state index contributed by atoms with van der Waals surface area (Å²) in [4.78, 5) is 4.38. The van der Waals surface area contributed by atoms with Crippen LogP contribution in [0.4, 0.5) is 21.6 Å². The lowest BCUT2D eigenvalue weighted by Gasteiger charge is -2.08. The SMILES string of the molecule is Cn1cc(Nc2cc3c(cn2)cnn3Cc2cc(F)ccc2N)cn1. The summed E-state index contributed by atoms with van der Waals surface area (Å²) in [6.07, 6.45) is 7.05. The van der Waals surface area contributed by atoms with Crippen LogP contribution in [0.25, 0.3) is 10.9 Å². The first-order valence-corrected chi connectivity index (χ1v) is 7.69. The van der Waals surface area contributed by atoms with Gasteiger partial charge >= 0.3 is 0 Å². The van der Waals surface area contributed by atoms with E-state index in [2.05, 4.69) is 20.5 Å². The van der Waals surface area contributed by atoms with E-state index in [0.717, 1.165) is 16.6 Å². The molecule has 25 heavy (non-hydrogen) atoms. The number of halogens is 1. The van der Waals surface area contributed by atoms with Crippen molar-refractivity contribution in [3.63, 3.8) is 0 Å². The van der Waals surface area contributed by atoms with Crippen molar-refractivity contribution >= 4 is 28.1 Å². The molecule has 0 saturated heterocycles. The third-order valence-electron chi connectivity index (χ3n) is 3.93. The van der Waals surface area contributed by atoms with E-state index in [9.17, 15) is 4.39 Å². The third kappa shape index (κ3) is 3.01. The van der Waals surface area contributed by atoms with E-state index in [-0.39, 0.29) is 5.82 Å². The van der Waals surface area contributed by atoms with Crippen molar-refractivity contribution in [2.45, 2.75) is 6.54 Å². The Labute approximate surface area is 142 Å². The Morgan fingerprint density at radius 2 is 2.04 bits per heavy atom. The normalized spacial score (nSPS) is 11.1. The molecular formula is C17H16FN7. The van der Waals surface area contributed by atoms with Gasteiger partial charge in [0.15, 0.2) is 0 Å². The summed E-state index contributed by atoms with van der Waals surface area (Å²) in [5.41, 5.74) is 8.88. The Kier molecular flexibility index (Phi) is 3.57. The predicted molar refractivity (Wildman–Crippen MR) is 93.9 cm³/mol. The van der Waals surface area contributed by atoms with Gasteiger partial charge in [0, 0.05) is 36.6 Å². The molecule has 126 valence electrons. The van der Waals surface area contributed by atoms with Crippen molar-refractivity contribution in [2.75, 3.05) is 11.1 Å². The second kappa shape index (κ2) is 5.90. The molecule has 0 unspecified atom stereocenters. The summed E-state index contributed by atoms with van der Waals surface area (Å²) in [6.45, 7) is 0.378. The molecule has 8 heteroatoms. The number of fused-ring (bicyclic) bond motifs is 1. The lowest BCUT2D eigenvalue weighted by Crippen LogP contribution is -2.05.